The maximum absolute atomic E-state index is 13.1. The molecule has 25 heteroatoms. The molecule has 630 valence electrons. The highest BCUT2D eigenvalue weighted by atomic mass is 16.6. The Bertz CT molecular complexity index is 4210. The third-order valence-corrected chi connectivity index (χ3v) is 18.8. The molecule has 0 saturated heterocycles. The van der Waals surface area contributed by atoms with Crippen LogP contribution in [0.15, 0.2) is 177 Å². The molecule has 1 aliphatic rings. The molecule has 6 aromatic heterocycles. The Labute approximate surface area is 688 Å². The average Bonchev–Trinajstić information content (AvgIpc) is 1.66. The van der Waals surface area contributed by atoms with E-state index in [0.717, 1.165) is 123 Å². The Morgan fingerprint density at radius 2 is 0.803 bits per heavy atom. The molecular weight excluding hydrogens is 1490 g/mol. The van der Waals surface area contributed by atoms with E-state index in [0.29, 0.717) is 124 Å². The number of benzene rings is 2. The number of methoxy groups -OCH3 is 2. The molecule has 0 spiro atoms. The first kappa shape index (κ1) is 94.1. The number of allylic oxidation sites excluding steroid dienone is 3. The van der Waals surface area contributed by atoms with Crippen LogP contribution in [0.2, 0.25) is 0 Å². The van der Waals surface area contributed by atoms with Gasteiger partial charge >= 0.3 is 17.9 Å². The van der Waals surface area contributed by atoms with Gasteiger partial charge in [-0.2, -0.15) is 0 Å². The average molecular weight is 1610 g/mol. The lowest BCUT2D eigenvalue weighted by Crippen LogP contribution is -2.30. The summed E-state index contributed by atoms with van der Waals surface area (Å²) in [5.74, 6) is -0.454. The highest BCUT2D eigenvalue weighted by molar-refractivity contribution is 5.97. The molecule has 1 unspecified atom stereocenters. The molecule has 0 radical (unpaired) electrons. The van der Waals surface area contributed by atoms with Gasteiger partial charge in [0.1, 0.15) is 19.0 Å². The number of fused-ring (bicyclic) bond motifs is 3. The molecule has 0 saturated carbocycles. The summed E-state index contributed by atoms with van der Waals surface area (Å²) in [6.45, 7) is 9.01. The minimum atomic E-state index is -0.494. The Balaban J connectivity index is 0.000000252. The first-order valence-electron chi connectivity index (χ1n) is 41.1. The summed E-state index contributed by atoms with van der Waals surface area (Å²) in [5, 5.41) is 2.18. The van der Waals surface area contributed by atoms with E-state index >= 15 is 0 Å². The van der Waals surface area contributed by atoms with Gasteiger partial charge in [0, 0.05) is 149 Å². The number of carbonyl (C=O) groups is 7. The highest BCUT2D eigenvalue weighted by Gasteiger charge is 2.33. The van der Waals surface area contributed by atoms with Crippen molar-refractivity contribution in [3.8, 4) is 5.75 Å². The van der Waals surface area contributed by atoms with Gasteiger partial charge in [-0.1, -0.05) is 87.8 Å². The number of aryl methyl sites for hydroxylation is 2. The molecule has 9 rings (SSSR count). The predicted molar refractivity (Wildman–Crippen MR) is 451 cm³/mol. The van der Waals surface area contributed by atoms with Crippen molar-refractivity contribution in [2.24, 2.45) is 0 Å². The number of para-hydroxylation sites is 1. The summed E-state index contributed by atoms with van der Waals surface area (Å²) in [6, 6.07) is 30.8. The van der Waals surface area contributed by atoms with E-state index in [2.05, 4.69) is 47.4 Å². The van der Waals surface area contributed by atoms with Crippen LogP contribution in [0, 0.1) is 0 Å². The summed E-state index contributed by atoms with van der Waals surface area (Å²) in [4.78, 5) is 104. The van der Waals surface area contributed by atoms with Gasteiger partial charge in [0.25, 0.3) is 0 Å². The Kier molecular flexibility index (Phi) is 47.9. The van der Waals surface area contributed by atoms with Crippen LogP contribution in [0.25, 0.3) is 40.0 Å². The Morgan fingerprint density at radius 3 is 1.29 bits per heavy atom. The summed E-state index contributed by atoms with van der Waals surface area (Å²) < 4.78 is 62.4. The van der Waals surface area contributed by atoms with Gasteiger partial charge < -0.3 is 66.1 Å². The summed E-state index contributed by atoms with van der Waals surface area (Å²) in [7, 11) is 3.25. The van der Waals surface area contributed by atoms with Gasteiger partial charge in [0.15, 0.2) is 17.3 Å². The summed E-state index contributed by atoms with van der Waals surface area (Å²) in [5.41, 5.74) is 6.99. The number of hydrogen-bond acceptors (Lipinski definition) is 22. The van der Waals surface area contributed by atoms with Crippen molar-refractivity contribution >= 4 is 86.9 Å². The number of ether oxygens (including phenoxy) is 11. The van der Waals surface area contributed by atoms with Crippen LogP contribution in [0.5, 0.6) is 5.75 Å². The maximum atomic E-state index is 13.1. The fourth-order valence-electron chi connectivity index (χ4n) is 12.6. The third kappa shape index (κ3) is 40.6. The van der Waals surface area contributed by atoms with Crippen LogP contribution in [-0.4, -0.2) is 197 Å². The zero-order chi connectivity index (χ0) is 82.6. The lowest BCUT2D eigenvalue weighted by molar-refractivity contribution is -0.148. The van der Waals surface area contributed by atoms with Crippen LogP contribution in [-0.2, 0) is 94.0 Å². The monoisotopic (exact) mass is 1610 g/mol. The third-order valence-electron chi connectivity index (χ3n) is 18.8. The van der Waals surface area contributed by atoms with E-state index in [1.807, 2.05) is 110 Å². The summed E-state index contributed by atoms with van der Waals surface area (Å²) >= 11 is 0. The molecule has 0 aliphatic carbocycles. The largest absolute Gasteiger partial charge is 0.463 e. The second kappa shape index (κ2) is 59.5. The lowest BCUT2D eigenvalue weighted by Gasteiger charge is -2.18. The molecule has 0 fully saturated rings. The molecule has 8 aromatic rings. The Hall–Kier alpha value is -10.1. The van der Waals surface area contributed by atoms with Crippen LogP contribution >= 0.6 is 0 Å². The number of rotatable bonds is 59. The van der Waals surface area contributed by atoms with Crippen molar-refractivity contribution in [2.45, 2.75) is 154 Å². The van der Waals surface area contributed by atoms with Crippen molar-refractivity contribution in [1.82, 2.24) is 29.1 Å². The van der Waals surface area contributed by atoms with Crippen molar-refractivity contribution in [2.75, 3.05) is 131 Å². The van der Waals surface area contributed by atoms with Crippen LogP contribution < -0.4 is 9.64 Å². The molecule has 2 aromatic carbocycles. The van der Waals surface area contributed by atoms with Crippen molar-refractivity contribution in [3.05, 3.63) is 200 Å². The number of aromatic nitrogens is 6. The molecule has 117 heavy (non-hydrogen) atoms. The number of ketones is 3. The molecule has 1 aliphatic heterocycles. The quantitative estimate of drug-likeness (QED) is 0.0148. The first-order valence-corrected chi connectivity index (χ1v) is 41.1. The van der Waals surface area contributed by atoms with Crippen LogP contribution in [0.4, 0.5) is 5.69 Å². The van der Waals surface area contributed by atoms with Gasteiger partial charge in [-0.05, 0) is 158 Å². The van der Waals surface area contributed by atoms with E-state index in [1.165, 1.54) is 30.2 Å². The SMILES string of the molecule is COCCOCCOCCOCCOC(=O)CC1CN(C(=O)CCCCCCC(=O)/C=C/c2cccnc2)c2ccccc21.COCCOCCOCCOCCOC(=O)CCC(=O)Oc1ccc2c(ccn2CCCCCCCC(=O)/C=C/c2cccnc2)c1.O=C(/C=C/c1cccnc1)CCCCCCCn1ccc2cnccc21. The molecule has 1 atom stereocenters. The number of anilines is 1. The normalized spacial score (nSPS) is 12.4. The number of hydrogen-bond donors (Lipinski definition) is 0. The molecule has 1 amide bonds. The minimum absolute atomic E-state index is 0.0564. The van der Waals surface area contributed by atoms with Gasteiger partial charge in [-0.25, -0.2) is 0 Å². The van der Waals surface area contributed by atoms with Crippen molar-refractivity contribution < 1.29 is 85.7 Å². The minimum Gasteiger partial charge on any atom is -0.463 e. The predicted octanol–water partition coefficient (Wildman–Crippen LogP) is 15.4. The number of nitrogens with zero attached hydrogens (tertiary/aromatic N) is 7. The van der Waals surface area contributed by atoms with Crippen molar-refractivity contribution in [3.63, 3.8) is 0 Å². The Morgan fingerprint density at radius 1 is 0.385 bits per heavy atom. The van der Waals surface area contributed by atoms with Gasteiger partial charge in [-0.15, -0.1) is 0 Å². The fraction of sp³-hybridized carbons (Fsp3) is 0.467. The van der Waals surface area contributed by atoms with Gasteiger partial charge in [-0.3, -0.25) is 53.5 Å². The summed E-state index contributed by atoms with van der Waals surface area (Å²) in [6.07, 6.45) is 44.9. The molecule has 0 N–H and O–H groups in total. The molecular formula is C92H119N7O18. The zero-order valence-corrected chi connectivity index (χ0v) is 68.3. The standard InChI is InChI=1S/C36H48N2O9.C34H46N2O8.C22H25N3O/c1-42-20-21-43-22-23-44-24-25-45-26-27-46-35(40)14-15-36(41)47-33-12-13-34-31(28-33)16-19-38(34)18-6-4-2-3-5-9-32(39)11-10-30-8-7-17-37-29-30;1-40-17-18-41-19-20-42-21-22-43-23-24-44-34(39)25-29-27-36(32-12-7-6-11-31(29)32)33(38)13-5-3-2-4-10-30(37)15-14-28-9-8-16-35-26-28;26-21(10-9-19-7-6-13-23-17-19)8-4-2-1-3-5-15-25-16-12-20-18-24-14-11-22(20)25/h7-8,10-13,16-17,19,28-29H,2-6,9,14-15,18,20-27H2,1H3;6-9,11-12,14-16,26,29H,2-5,10,13,17-25,27H2,1H3;6-7,9-14,16-18H,1-5,8,15H2/b11-10+;15-14+;10-9+. The van der Waals surface area contributed by atoms with Gasteiger partial charge in [0.2, 0.25) is 5.91 Å². The topological polar surface area (TPSA) is 286 Å². The number of amides is 1. The molecule has 25 nitrogen and oxygen atoms in total. The first-order chi connectivity index (χ1) is 57.5. The zero-order valence-electron chi connectivity index (χ0n) is 68.3. The molecule has 0 bridgehead atoms. The smallest absolute Gasteiger partial charge is 0.311 e. The van der Waals surface area contributed by atoms with E-state index in [-0.39, 0.29) is 74.2 Å². The van der Waals surface area contributed by atoms with Crippen molar-refractivity contribution in [1.29, 1.82) is 0 Å². The van der Waals surface area contributed by atoms with Gasteiger partial charge in [0.05, 0.1) is 117 Å². The highest BCUT2D eigenvalue weighted by Crippen LogP contribution is 2.39. The second-order valence-corrected chi connectivity index (χ2v) is 27.9. The van der Waals surface area contributed by atoms with Crippen LogP contribution in [0.3, 0.4) is 0 Å². The van der Waals surface area contributed by atoms with E-state index in [9.17, 15) is 33.6 Å². The fourth-order valence-corrected chi connectivity index (χ4v) is 12.6. The number of pyridine rings is 4. The molecule has 7 heterocycles. The maximum Gasteiger partial charge on any atom is 0.311 e. The van der Waals surface area contributed by atoms with E-state index in [4.69, 9.17) is 52.1 Å². The lowest BCUT2D eigenvalue weighted by atomic mass is 9.98. The number of unbranched alkanes of at least 4 members (excludes halogenated alkanes) is 11. The van der Waals surface area contributed by atoms with E-state index < -0.39 is 11.9 Å². The van der Waals surface area contributed by atoms with E-state index in [1.54, 1.807) is 86.7 Å². The second-order valence-electron chi connectivity index (χ2n) is 27.9. The van der Waals surface area contributed by atoms with Crippen LogP contribution in [0.1, 0.15) is 163 Å². The number of carbonyl (C=O) groups excluding carboxylic acids is 7. The number of esters is 3.